The summed E-state index contributed by atoms with van der Waals surface area (Å²) in [6, 6.07) is 7.72. The highest BCUT2D eigenvalue weighted by Crippen LogP contribution is 2.26. The van der Waals surface area contributed by atoms with Crippen LogP contribution in [0.2, 0.25) is 0 Å². The van der Waals surface area contributed by atoms with E-state index in [9.17, 15) is 9.59 Å². The molecular weight excluding hydrogens is 406 g/mol. The zero-order valence-electron chi connectivity index (χ0n) is 20.1. The van der Waals surface area contributed by atoms with Gasteiger partial charge in [0.05, 0.1) is 11.4 Å². The number of hydrogen-bond donors (Lipinski definition) is 3. The highest BCUT2D eigenvalue weighted by atomic mass is 16.6. The maximum atomic E-state index is 12.0. The molecule has 1 atom stereocenters. The van der Waals surface area contributed by atoms with E-state index >= 15 is 0 Å². The van der Waals surface area contributed by atoms with Crippen molar-refractivity contribution >= 4 is 23.5 Å². The number of nitrogens with two attached hydrogens (primary N) is 1. The van der Waals surface area contributed by atoms with Gasteiger partial charge in [-0.25, -0.2) is 14.8 Å². The van der Waals surface area contributed by atoms with Gasteiger partial charge in [0.25, 0.3) is 5.91 Å². The average Bonchev–Trinajstić information content (AvgIpc) is 2.70. The number of hydrogen-bond acceptors (Lipinski definition) is 6. The summed E-state index contributed by atoms with van der Waals surface area (Å²) < 4.78 is 5.29. The molecule has 32 heavy (non-hydrogen) atoms. The number of nitrogens with one attached hydrogen (secondary N) is 2. The second-order valence-electron chi connectivity index (χ2n) is 9.16. The molecule has 0 saturated carbocycles. The van der Waals surface area contributed by atoms with Gasteiger partial charge in [-0.15, -0.1) is 0 Å². The van der Waals surface area contributed by atoms with Crippen molar-refractivity contribution in [2.75, 3.05) is 11.9 Å². The minimum absolute atomic E-state index is 0.0413. The minimum atomic E-state index is -0.629. The van der Waals surface area contributed by atoms with Crippen molar-refractivity contribution in [3.8, 4) is 0 Å². The molecule has 0 aliphatic heterocycles. The molecule has 4 N–H and O–H groups in total. The molecule has 8 heteroatoms. The fourth-order valence-corrected chi connectivity index (χ4v) is 3.19. The van der Waals surface area contributed by atoms with Crippen LogP contribution >= 0.6 is 0 Å². The van der Waals surface area contributed by atoms with Crippen molar-refractivity contribution < 1.29 is 14.3 Å². The van der Waals surface area contributed by atoms with Gasteiger partial charge in [0.15, 0.2) is 11.5 Å². The smallest absolute Gasteiger partial charge is 0.407 e. The minimum Gasteiger partial charge on any atom is -0.444 e. The summed E-state index contributed by atoms with van der Waals surface area (Å²) in [5, 5.41) is 6.00. The van der Waals surface area contributed by atoms with Gasteiger partial charge in [-0.1, -0.05) is 39.8 Å². The summed E-state index contributed by atoms with van der Waals surface area (Å²) in [4.78, 5) is 33.1. The van der Waals surface area contributed by atoms with Crippen molar-refractivity contribution in [2.45, 2.75) is 72.3 Å². The number of primary amides is 1. The highest BCUT2D eigenvalue weighted by molar-refractivity contribution is 5.96. The number of nitrogens with zero attached hydrogens (tertiary/aromatic N) is 2. The first-order chi connectivity index (χ1) is 14.9. The van der Waals surface area contributed by atoms with E-state index in [1.54, 1.807) is 0 Å². The normalized spacial score (nSPS) is 12.4. The number of benzene rings is 1. The SMILES string of the molecule is CCc1nc(C(N)=O)c(Nc2cccc([C@@H](C)CNC(=O)OC(C)(C)C)c2)nc1C(C)C. The Morgan fingerprint density at radius 2 is 1.84 bits per heavy atom. The Morgan fingerprint density at radius 3 is 2.41 bits per heavy atom. The molecule has 2 amide bonds. The van der Waals surface area contributed by atoms with Crippen LogP contribution in [0.1, 0.15) is 87.7 Å². The molecule has 0 saturated heterocycles. The number of carbonyl (C=O) groups is 2. The number of rotatable bonds is 8. The molecule has 1 aromatic heterocycles. The van der Waals surface area contributed by atoms with Crippen molar-refractivity contribution in [2.24, 2.45) is 5.73 Å². The summed E-state index contributed by atoms with van der Waals surface area (Å²) in [5.74, 6) is -0.0870. The lowest BCUT2D eigenvalue weighted by molar-refractivity contribution is 0.0525. The molecule has 0 aliphatic carbocycles. The predicted octanol–water partition coefficient (Wildman–Crippen LogP) is 4.63. The lowest BCUT2D eigenvalue weighted by Crippen LogP contribution is -2.34. The first kappa shape index (κ1) is 25.1. The van der Waals surface area contributed by atoms with E-state index in [4.69, 9.17) is 10.5 Å². The largest absolute Gasteiger partial charge is 0.444 e. The molecule has 0 aliphatic rings. The molecule has 2 aromatic rings. The maximum Gasteiger partial charge on any atom is 0.407 e. The van der Waals surface area contributed by atoms with E-state index in [1.807, 2.05) is 72.7 Å². The number of aryl methyl sites for hydroxylation is 1. The molecule has 174 valence electrons. The van der Waals surface area contributed by atoms with Crippen LogP contribution < -0.4 is 16.4 Å². The third kappa shape index (κ3) is 6.93. The summed E-state index contributed by atoms with van der Waals surface area (Å²) in [5.41, 5.74) is 8.53. The second-order valence-corrected chi connectivity index (χ2v) is 9.16. The summed E-state index contributed by atoms with van der Waals surface area (Å²) in [6.45, 7) is 14.0. The van der Waals surface area contributed by atoms with Crippen molar-refractivity contribution in [3.05, 3.63) is 46.9 Å². The van der Waals surface area contributed by atoms with Gasteiger partial charge in [-0.3, -0.25) is 4.79 Å². The Kier molecular flexibility index (Phi) is 8.19. The van der Waals surface area contributed by atoms with Gasteiger partial charge >= 0.3 is 6.09 Å². The lowest BCUT2D eigenvalue weighted by atomic mass is 10.0. The lowest BCUT2D eigenvalue weighted by Gasteiger charge is -2.21. The van der Waals surface area contributed by atoms with Crippen molar-refractivity contribution in [3.63, 3.8) is 0 Å². The second kappa shape index (κ2) is 10.4. The van der Waals surface area contributed by atoms with Gasteiger partial charge < -0.3 is 21.1 Å². The van der Waals surface area contributed by atoms with Crippen molar-refractivity contribution in [1.29, 1.82) is 0 Å². The third-order valence-electron chi connectivity index (χ3n) is 4.78. The van der Waals surface area contributed by atoms with Crippen LogP contribution in [0.3, 0.4) is 0 Å². The molecule has 0 bridgehead atoms. The van der Waals surface area contributed by atoms with Crippen LogP contribution in [-0.2, 0) is 11.2 Å². The molecule has 0 spiro atoms. The quantitative estimate of drug-likeness (QED) is 0.549. The van der Waals surface area contributed by atoms with Gasteiger partial charge in [0.1, 0.15) is 5.60 Å². The molecule has 0 radical (unpaired) electrons. The Bertz CT molecular complexity index is 967. The standard InChI is InChI=1S/C24H35N5O3/c1-8-18-19(14(2)3)29-22(20(28-18)21(25)30)27-17-11-9-10-16(12-17)15(4)13-26-23(31)32-24(5,6)7/h9-12,14-15H,8,13H2,1-7H3,(H2,25,30)(H,26,31)(H,27,29)/t15-/m0/s1. The monoisotopic (exact) mass is 441 g/mol. The molecule has 1 aromatic carbocycles. The molecule has 8 nitrogen and oxygen atoms in total. The van der Waals surface area contributed by atoms with Crippen LogP contribution in [0, 0.1) is 0 Å². The predicted molar refractivity (Wildman–Crippen MR) is 126 cm³/mol. The van der Waals surface area contributed by atoms with E-state index in [-0.39, 0.29) is 17.5 Å². The van der Waals surface area contributed by atoms with Gasteiger partial charge in [-0.2, -0.15) is 0 Å². The summed E-state index contributed by atoms with van der Waals surface area (Å²) in [6.07, 6.45) is 0.218. The topological polar surface area (TPSA) is 119 Å². The van der Waals surface area contributed by atoms with Crippen LogP contribution in [0.5, 0.6) is 0 Å². The first-order valence-electron chi connectivity index (χ1n) is 11.0. The zero-order valence-corrected chi connectivity index (χ0v) is 20.1. The van der Waals surface area contributed by atoms with E-state index < -0.39 is 17.6 Å². The van der Waals surface area contributed by atoms with Gasteiger partial charge in [-0.05, 0) is 56.7 Å². The third-order valence-corrected chi connectivity index (χ3v) is 4.78. The fourth-order valence-electron chi connectivity index (χ4n) is 3.19. The number of alkyl carbamates (subject to hydrolysis) is 1. The van der Waals surface area contributed by atoms with Gasteiger partial charge in [0.2, 0.25) is 0 Å². The van der Waals surface area contributed by atoms with E-state index in [1.165, 1.54) is 0 Å². The average molecular weight is 442 g/mol. The molecule has 2 rings (SSSR count). The number of aromatic nitrogens is 2. The Labute approximate surface area is 190 Å². The molecular formula is C24H35N5O3. The molecule has 0 unspecified atom stereocenters. The summed E-state index contributed by atoms with van der Waals surface area (Å²) >= 11 is 0. The Hall–Kier alpha value is -3.16. The Balaban J connectivity index is 2.23. The number of anilines is 2. The van der Waals surface area contributed by atoms with Crippen LogP contribution in [0.25, 0.3) is 0 Å². The number of ether oxygens (including phenoxy) is 1. The van der Waals surface area contributed by atoms with Crippen LogP contribution in [0.4, 0.5) is 16.3 Å². The zero-order chi connectivity index (χ0) is 24.1. The van der Waals surface area contributed by atoms with E-state index in [0.29, 0.717) is 18.8 Å². The fraction of sp³-hybridized carbons (Fsp3) is 0.500. The van der Waals surface area contributed by atoms with Crippen molar-refractivity contribution in [1.82, 2.24) is 15.3 Å². The maximum absolute atomic E-state index is 12.0. The summed E-state index contributed by atoms with van der Waals surface area (Å²) in [7, 11) is 0. The number of carbonyl (C=O) groups excluding carboxylic acids is 2. The number of amides is 2. The molecule has 0 fully saturated rings. The van der Waals surface area contributed by atoms with E-state index in [0.717, 1.165) is 22.6 Å². The van der Waals surface area contributed by atoms with E-state index in [2.05, 4.69) is 20.6 Å². The van der Waals surface area contributed by atoms with Crippen LogP contribution in [0.15, 0.2) is 24.3 Å². The highest BCUT2D eigenvalue weighted by Gasteiger charge is 2.20. The van der Waals surface area contributed by atoms with Crippen LogP contribution in [-0.4, -0.2) is 34.1 Å². The first-order valence-corrected chi connectivity index (χ1v) is 11.0. The molecule has 1 heterocycles. The Morgan fingerprint density at radius 1 is 1.16 bits per heavy atom. The van der Waals surface area contributed by atoms with Gasteiger partial charge in [0, 0.05) is 12.2 Å².